The second-order valence-corrected chi connectivity index (χ2v) is 8.88. The van der Waals surface area contributed by atoms with Gasteiger partial charge in [-0.25, -0.2) is 9.37 Å². The minimum atomic E-state index is -1.36. The smallest absolute Gasteiger partial charge is 0.225 e. The van der Waals surface area contributed by atoms with Crippen molar-refractivity contribution in [3.63, 3.8) is 0 Å². The number of anilines is 1. The number of carbonyl (C=O) groups is 1. The van der Waals surface area contributed by atoms with Crippen molar-refractivity contribution in [2.45, 2.75) is 39.3 Å². The zero-order valence-corrected chi connectivity index (χ0v) is 16.6. The fraction of sp³-hybridized carbons (Fsp3) is 0.579. The number of amides is 1. The molecule has 0 spiro atoms. The van der Waals surface area contributed by atoms with Crippen molar-refractivity contribution in [3.8, 4) is 5.75 Å². The molecule has 7 heteroatoms. The monoisotopic (exact) mass is 379 g/mol. The molecular formula is C19H26FN3O2S. The second-order valence-electron chi connectivity index (χ2n) is 7.87. The fourth-order valence-electron chi connectivity index (χ4n) is 2.99. The standard InChI is InChI=1S/C19H26FN3O2S/c1-18(2,3)16(24)21-12-19(20)8-10-23(11-9-19)17-22-15-13(25-4)6-5-7-14(15)26-17/h5-7H,8-12H2,1-4H3,(H,21,24). The number of para-hydroxylation sites is 1. The summed E-state index contributed by atoms with van der Waals surface area (Å²) in [5.74, 6) is 0.641. The molecule has 5 nitrogen and oxygen atoms in total. The molecule has 1 aromatic heterocycles. The number of halogens is 1. The highest BCUT2D eigenvalue weighted by Gasteiger charge is 2.36. The first-order valence-electron chi connectivity index (χ1n) is 8.88. The number of alkyl halides is 1. The van der Waals surface area contributed by atoms with E-state index in [9.17, 15) is 4.79 Å². The highest BCUT2D eigenvalue weighted by molar-refractivity contribution is 7.22. The number of carbonyl (C=O) groups excluding carboxylic acids is 1. The molecule has 2 aromatic rings. The van der Waals surface area contributed by atoms with Crippen LogP contribution in [0.25, 0.3) is 10.2 Å². The predicted octanol–water partition coefficient (Wildman–Crippen LogP) is 3.78. The molecule has 1 aliphatic heterocycles. The van der Waals surface area contributed by atoms with Crippen molar-refractivity contribution in [1.82, 2.24) is 10.3 Å². The summed E-state index contributed by atoms with van der Waals surface area (Å²) in [6.07, 6.45) is 0.759. The molecule has 0 saturated carbocycles. The van der Waals surface area contributed by atoms with Crippen LogP contribution in [0.5, 0.6) is 5.75 Å². The van der Waals surface area contributed by atoms with Gasteiger partial charge in [0.1, 0.15) is 16.9 Å². The van der Waals surface area contributed by atoms with Crippen molar-refractivity contribution in [1.29, 1.82) is 0 Å². The molecule has 142 valence electrons. The van der Waals surface area contributed by atoms with Gasteiger partial charge < -0.3 is 15.0 Å². The average molecular weight is 380 g/mol. The third kappa shape index (κ3) is 3.92. The van der Waals surface area contributed by atoms with E-state index < -0.39 is 11.1 Å². The molecule has 0 radical (unpaired) electrons. The highest BCUT2D eigenvalue weighted by atomic mass is 32.1. The Hall–Kier alpha value is -1.89. The number of methoxy groups -OCH3 is 1. The van der Waals surface area contributed by atoms with E-state index in [0.29, 0.717) is 25.9 Å². The summed E-state index contributed by atoms with van der Waals surface area (Å²) in [5, 5.41) is 3.66. The maximum Gasteiger partial charge on any atom is 0.225 e. The van der Waals surface area contributed by atoms with Crippen LogP contribution in [0.3, 0.4) is 0 Å². The summed E-state index contributed by atoms with van der Waals surface area (Å²) in [4.78, 5) is 18.8. The van der Waals surface area contributed by atoms with Gasteiger partial charge in [-0.2, -0.15) is 0 Å². The van der Waals surface area contributed by atoms with E-state index in [4.69, 9.17) is 4.74 Å². The fourth-order valence-corrected chi connectivity index (χ4v) is 4.03. The van der Waals surface area contributed by atoms with Gasteiger partial charge in [-0.3, -0.25) is 4.79 Å². The van der Waals surface area contributed by atoms with Gasteiger partial charge >= 0.3 is 0 Å². The topological polar surface area (TPSA) is 54.5 Å². The summed E-state index contributed by atoms with van der Waals surface area (Å²) in [6.45, 7) is 6.74. The van der Waals surface area contributed by atoms with Gasteiger partial charge in [-0.1, -0.05) is 38.2 Å². The van der Waals surface area contributed by atoms with Crippen LogP contribution in [0.15, 0.2) is 18.2 Å². The molecule has 2 heterocycles. The van der Waals surface area contributed by atoms with Crippen LogP contribution in [-0.4, -0.2) is 43.3 Å². The predicted molar refractivity (Wildman–Crippen MR) is 104 cm³/mol. The van der Waals surface area contributed by atoms with Crippen molar-refractivity contribution in [3.05, 3.63) is 18.2 Å². The van der Waals surface area contributed by atoms with Crippen LogP contribution in [0, 0.1) is 5.41 Å². The number of nitrogens with one attached hydrogen (secondary N) is 1. The minimum absolute atomic E-state index is 0.0740. The molecule has 0 unspecified atom stereocenters. The number of piperidine rings is 1. The summed E-state index contributed by atoms with van der Waals surface area (Å²) < 4.78 is 21.5. The maximum atomic E-state index is 15.1. The second kappa shape index (κ2) is 7.02. The summed E-state index contributed by atoms with van der Waals surface area (Å²) >= 11 is 1.60. The van der Waals surface area contributed by atoms with Crippen LogP contribution >= 0.6 is 11.3 Å². The summed E-state index contributed by atoms with van der Waals surface area (Å²) in [7, 11) is 1.64. The van der Waals surface area contributed by atoms with Gasteiger partial charge in [-0.05, 0) is 12.1 Å². The van der Waals surface area contributed by atoms with Crippen LogP contribution in [-0.2, 0) is 4.79 Å². The number of aromatic nitrogens is 1. The molecule has 1 fully saturated rings. The van der Waals surface area contributed by atoms with E-state index in [2.05, 4.69) is 15.2 Å². The van der Waals surface area contributed by atoms with Crippen molar-refractivity contribution in [2.75, 3.05) is 31.6 Å². The number of ether oxygens (including phenoxy) is 1. The van der Waals surface area contributed by atoms with Gasteiger partial charge in [0.2, 0.25) is 5.91 Å². The Morgan fingerprint density at radius 1 is 1.38 bits per heavy atom. The lowest BCUT2D eigenvalue weighted by atomic mass is 9.91. The van der Waals surface area contributed by atoms with E-state index in [1.165, 1.54) is 0 Å². The van der Waals surface area contributed by atoms with E-state index in [1.54, 1.807) is 18.4 Å². The lowest BCUT2D eigenvalue weighted by molar-refractivity contribution is -0.129. The molecule has 1 aromatic carbocycles. The van der Waals surface area contributed by atoms with E-state index in [1.807, 2.05) is 39.0 Å². The third-order valence-corrected chi connectivity index (χ3v) is 5.85. The first-order valence-corrected chi connectivity index (χ1v) is 9.69. The number of hydrogen-bond acceptors (Lipinski definition) is 5. The Balaban J connectivity index is 1.64. The normalized spacial score (nSPS) is 17.3. The zero-order valence-electron chi connectivity index (χ0n) is 15.8. The molecule has 3 rings (SSSR count). The van der Waals surface area contributed by atoms with Crippen molar-refractivity contribution in [2.24, 2.45) is 5.41 Å². The Kier molecular flexibility index (Phi) is 5.10. The lowest BCUT2D eigenvalue weighted by Crippen LogP contribution is -2.49. The average Bonchev–Trinajstić information content (AvgIpc) is 3.03. The zero-order chi connectivity index (χ0) is 18.9. The number of fused-ring (bicyclic) bond motifs is 1. The largest absolute Gasteiger partial charge is 0.494 e. The molecule has 0 atom stereocenters. The van der Waals surface area contributed by atoms with E-state index >= 15 is 4.39 Å². The molecule has 26 heavy (non-hydrogen) atoms. The number of hydrogen-bond donors (Lipinski definition) is 1. The maximum absolute atomic E-state index is 15.1. The molecule has 1 aliphatic rings. The number of benzene rings is 1. The Bertz CT molecular complexity index is 792. The molecule has 1 amide bonds. The van der Waals surface area contributed by atoms with Gasteiger partial charge in [0, 0.05) is 31.3 Å². The van der Waals surface area contributed by atoms with Crippen LogP contribution in [0.2, 0.25) is 0 Å². The Morgan fingerprint density at radius 2 is 2.08 bits per heavy atom. The number of rotatable bonds is 4. The Labute approximate surface area is 157 Å². The molecule has 1 saturated heterocycles. The van der Waals surface area contributed by atoms with Crippen molar-refractivity contribution >= 4 is 32.6 Å². The lowest BCUT2D eigenvalue weighted by Gasteiger charge is -2.36. The quantitative estimate of drug-likeness (QED) is 0.878. The third-order valence-electron chi connectivity index (χ3n) is 4.77. The number of thiazole rings is 1. The molecule has 0 bridgehead atoms. The van der Waals surface area contributed by atoms with Gasteiger partial charge in [0.25, 0.3) is 0 Å². The number of nitrogens with zero attached hydrogens (tertiary/aromatic N) is 2. The summed E-state index contributed by atoms with van der Waals surface area (Å²) in [6, 6.07) is 5.86. The highest BCUT2D eigenvalue weighted by Crippen LogP contribution is 2.36. The van der Waals surface area contributed by atoms with Gasteiger partial charge in [0.15, 0.2) is 5.13 Å². The summed E-state index contributed by atoms with van der Waals surface area (Å²) in [5.41, 5.74) is -1.01. The molecular weight excluding hydrogens is 353 g/mol. The first-order chi connectivity index (χ1) is 12.2. The van der Waals surface area contributed by atoms with Gasteiger partial charge in [-0.15, -0.1) is 0 Å². The van der Waals surface area contributed by atoms with Crippen LogP contribution in [0.1, 0.15) is 33.6 Å². The van der Waals surface area contributed by atoms with Gasteiger partial charge in [0.05, 0.1) is 18.4 Å². The minimum Gasteiger partial charge on any atom is -0.494 e. The van der Waals surface area contributed by atoms with E-state index in [0.717, 1.165) is 21.1 Å². The van der Waals surface area contributed by atoms with Crippen LogP contribution < -0.4 is 15.0 Å². The van der Waals surface area contributed by atoms with E-state index in [-0.39, 0.29) is 12.5 Å². The Morgan fingerprint density at radius 3 is 2.69 bits per heavy atom. The van der Waals surface area contributed by atoms with Crippen molar-refractivity contribution < 1.29 is 13.9 Å². The molecule has 0 aliphatic carbocycles. The SMILES string of the molecule is COc1cccc2sc(N3CCC(F)(CNC(=O)C(C)(C)C)CC3)nc12. The molecule has 1 N–H and O–H groups in total. The van der Waals surface area contributed by atoms with Crippen LogP contribution in [0.4, 0.5) is 9.52 Å². The first kappa shape index (κ1) is 18.9.